The molecule has 0 saturated carbocycles. The second-order valence-corrected chi connectivity index (χ2v) is 8.90. The van der Waals surface area contributed by atoms with Crippen LogP contribution in [0.15, 0.2) is 31.1 Å². The average molecular weight is 431 g/mol. The monoisotopic (exact) mass is 430 g/mol. The molecule has 1 unspecified atom stereocenters. The van der Waals surface area contributed by atoms with E-state index in [4.69, 9.17) is 9.57 Å². The smallest absolute Gasteiger partial charge is 0.410 e. The summed E-state index contributed by atoms with van der Waals surface area (Å²) in [4.78, 5) is 36.0. The lowest BCUT2D eigenvalue weighted by molar-refractivity contribution is -0.107. The molecule has 0 aromatic carbocycles. The van der Waals surface area contributed by atoms with Crippen LogP contribution in [0.2, 0.25) is 0 Å². The molecule has 1 aromatic heterocycles. The summed E-state index contributed by atoms with van der Waals surface area (Å²) in [7, 11) is 0. The maximum absolute atomic E-state index is 12.5. The first-order valence-corrected chi connectivity index (χ1v) is 10.6. The van der Waals surface area contributed by atoms with Gasteiger partial charge in [0, 0.05) is 32.7 Å². The van der Waals surface area contributed by atoms with Crippen LogP contribution in [-0.2, 0) is 9.57 Å². The number of hydrogen-bond donors (Lipinski definition) is 0. The van der Waals surface area contributed by atoms with E-state index >= 15 is 0 Å². The normalized spacial score (nSPS) is 21.5. The number of anilines is 1. The number of piperazine rings is 1. The fourth-order valence-electron chi connectivity index (χ4n) is 3.92. The number of hydroxylamine groups is 2. The van der Waals surface area contributed by atoms with Crippen LogP contribution in [0.1, 0.15) is 20.8 Å². The Morgan fingerprint density at radius 2 is 2.00 bits per heavy atom. The highest BCUT2D eigenvalue weighted by molar-refractivity contribution is 5.80. The molecule has 0 spiro atoms. The highest BCUT2D eigenvalue weighted by Crippen LogP contribution is 2.27. The summed E-state index contributed by atoms with van der Waals surface area (Å²) in [5, 5.41) is 5.93. The minimum Gasteiger partial charge on any atom is -0.444 e. The SMILES string of the molecule is C=CCON1C(=O)N2CC(n3cc(N4CCN(C(=O)OC(C)(C)C)CC4)cn3)=CC1C2. The quantitative estimate of drug-likeness (QED) is 0.665. The molecule has 3 aliphatic rings. The van der Waals surface area contributed by atoms with Crippen molar-refractivity contribution in [1.82, 2.24) is 24.6 Å². The van der Waals surface area contributed by atoms with Gasteiger partial charge in [-0.1, -0.05) is 6.08 Å². The predicted octanol–water partition coefficient (Wildman–Crippen LogP) is 2.02. The third kappa shape index (κ3) is 4.53. The number of amides is 3. The molecule has 0 N–H and O–H groups in total. The molecule has 2 fully saturated rings. The zero-order valence-corrected chi connectivity index (χ0v) is 18.4. The number of fused-ring (bicyclic) bond motifs is 2. The molecule has 2 bridgehead atoms. The van der Waals surface area contributed by atoms with Crippen molar-refractivity contribution in [2.24, 2.45) is 0 Å². The topological polar surface area (TPSA) is 83.4 Å². The molecule has 4 rings (SSSR count). The van der Waals surface area contributed by atoms with Crippen LogP contribution in [0.25, 0.3) is 5.70 Å². The summed E-state index contributed by atoms with van der Waals surface area (Å²) in [6.07, 6.45) is 7.18. The van der Waals surface area contributed by atoms with Crippen LogP contribution < -0.4 is 4.90 Å². The second kappa shape index (κ2) is 8.26. The molecule has 0 aliphatic carbocycles. The number of carbonyl (C=O) groups is 2. The van der Waals surface area contributed by atoms with E-state index in [0.717, 1.165) is 11.4 Å². The van der Waals surface area contributed by atoms with Gasteiger partial charge >= 0.3 is 12.1 Å². The van der Waals surface area contributed by atoms with Crippen molar-refractivity contribution in [3.05, 3.63) is 31.1 Å². The van der Waals surface area contributed by atoms with E-state index in [2.05, 4.69) is 16.6 Å². The molecule has 0 radical (unpaired) electrons. The van der Waals surface area contributed by atoms with Crippen LogP contribution in [0, 0.1) is 0 Å². The van der Waals surface area contributed by atoms with E-state index < -0.39 is 5.60 Å². The lowest BCUT2D eigenvalue weighted by atomic mass is 10.2. The Kier molecular flexibility index (Phi) is 5.65. The fourth-order valence-corrected chi connectivity index (χ4v) is 3.92. The second-order valence-electron chi connectivity index (χ2n) is 8.90. The minimum absolute atomic E-state index is 0.135. The summed E-state index contributed by atoms with van der Waals surface area (Å²) < 4.78 is 7.28. The highest BCUT2D eigenvalue weighted by Gasteiger charge is 2.41. The molecule has 1 aromatic rings. The number of hydrogen-bond acceptors (Lipinski definition) is 6. The maximum Gasteiger partial charge on any atom is 0.410 e. The summed E-state index contributed by atoms with van der Waals surface area (Å²) in [5.41, 5.74) is 1.43. The van der Waals surface area contributed by atoms with E-state index in [1.165, 1.54) is 5.06 Å². The molecule has 3 aliphatic heterocycles. The summed E-state index contributed by atoms with van der Waals surface area (Å²) >= 11 is 0. The van der Waals surface area contributed by atoms with Gasteiger partial charge in [0.05, 0.1) is 43.0 Å². The van der Waals surface area contributed by atoms with E-state index in [1.54, 1.807) is 15.9 Å². The van der Waals surface area contributed by atoms with E-state index in [0.29, 0.717) is 45.9 Å². The van der Waals surface area contributed by atoms with Crippen LogP contribution in [0.3, 0.4) is 0 Å². The van der Waals surface area contributed by atoms with E-state index in [1.807, 2.05) is 43.9 Å². The molecule has 168 valence electrons. The van der Waals surface area contributed by atoms with Crippen molar-refractivity contribution < 1.29 is 19.2 Å². The number of urea groups is 1. The lowest BCUT2D eigenvalue weighted by Gasteiger charge is -2.36. The van der Waals surface area contributed by atoms with Gasteiger partial charge in [0.25, 0.3) is 0 Å². The third-order valence-corrected chi connectivity index (χ3v) is 5.40. The van der Waals surface area contributed by atoms with Gasteiger partial charge in [0.15, 0.2) is 0 Å². The Hall–Kier alpha value is -3.01. The Labute approximate surface area is 182 Å². The van der Waals surface area contributed by atoms with Crippen molar-refractivity contribution in [2.75, 3.05) is 50.8 Å². The Balaban J connectivity index is 1.38. The molecule has 4 heterocycles. The van der Waals surface area contributed by atoms with Crippen LogP contribution in [0.4, 0.5) is 15.3 Å². The van der Waals surface area contributed by atoms with Crippen molar-refractivity contribution in [3.8, 4) is 0 Å². The zero-order valence-electron chi connectivity index (χ0n) is 18.4. The van der Waals surface area contributed by atoms with Gasteiger partial charge in [-0.2, -0.15) is 10.2 Å². The van der Waals surface area contributed by atoms with Crippen LogP contribution >= 0.6 is 0 Å². The van der Waals surface area contributed by atoms with Gasteiger partial charge in [0.2, 0.25) is 0 Å². The predicted molar refractivity (Wildman–Crippen MR) is 115 cm³/mol. The molecule has 10 heteroatoms. The molecule has 10 nitrogen and oxygen atoms in total. The number of rotatable bonds is 5. The number of nitrogens with zero attached hydrogens (tertiary/aromatic N) is 6. The van der Waals surface area contributed by atoms with Gasteiger partial charge in [-0.3, -0.25) is 4.84 Å². The third-order valence-electron chi connectivity index (χ3n) is 5.40. The zero-order chi connectivity index (χ0) is 22.2. The number of ether oxygens (including phenoxy) is 1. The summed E-state index contributed by atoms with van der Waals surface area (Å²) in [5.74, 6) is 0. The van der Waals surface area contributed by atoms with Crippen molar-refractivity contribution >= 4 is 23.5 Å². The lowest BCUT2D eigenvalue weighted by Crippen LogP contribution is -2.50. The largest absolute Gasteiger partial charge is 0.444 e. The first kappa shape index (κ1) is 21.2. The Morgan fingerprint density at radius 3 is 2.68 bits per heavy atom. The number of carbonyl (C=O) groups excluding carboxylic acids is 2. The van der Waals surface area contributed by atoms with Gasteiger partial charge in [-0.05, 0) is 26.8 Å². The summed E-state index contributed by atoms with van der Waals surface area (Å²) in [6, 6.07) is -0.273. The van der Waals surface area contributed by atoms with Crippen LogP contribution in [0.5, 0.6) is 0 Å². The molecular formula is C21H30N6O4. The van der Waals surface area contributed by atoms with Crippen molar-refractivity contribution in [2.45, 2.75) is 32.4 Å². The maximum atomic E-state index is 12.5. The Bertz CT molecular complexity index is 881. The molecule has 3 amide bonds. The molecule has 31 heavy (non-hydrogen) atoms. The molecule has 2 saturated heterocycles. The fraction of sp³-hybridized carbons (Fsp3) is 0.571. The standard InChI is InChI=1S/C21H30N6O4/c1-5-10-30-27-17-11-16(13-25(14-17)19(27)28)26-15-18(12-22-26)23-6-8-24(9-7-23)20(29)31-21(2,3)4/h5,11-12,15,17H,1,6-10,13-14H2,2-4H3. The van der Waals surface area contributed by atoms with Gasteiger partial charge in [-0.25, -0.2) is 14.3 Å². The van der Waals surface area contributed by atoms with Crippen molar-refractivity contribution in [1.29, 1.82) is 0 Å². The molecule has 1 atom stereocenters. The minimum atomic E-state index is -0.494. The van der Waals surface area contributed by atoms with E-state index in [-0.39, 0.29) is 18.2 Å². The first-order valence-electron chi connectivity index (χ1n) is 10.6. The Morgan fingerprint density at radius 1 is 1.26 bits per heavy atom. The van der Waals surface area contributed by atoms with Crippen LogP contribution in [-0.4, -0.2) is 94.3 Å². The van der Waals surface area contributed by atoms with Crippen molar-refractivity contribution in [3.63, 3.8) is 0 Å². The van der Waals surface area contributed by atoms with Gasteiger partial charge in [-0.15, -0.1) is 6.58 Å². The molecular weight excluding hydrogens is 400 g/mol. The highest BCUT2D eigenvalue weighted by atomic mass is 16.7. The first-order chi connectivity index (χ1) is 14.7. The average Bonchev–Trinajstić information content (AvgIpc) is 3.30. The number of aromatic nitrogens is 2. The van der Waals surface area contributed by atoms with Gasteiger partial charge < -0.3 is 19.4 Å². The van der Waals surface area contributed by atoms with E-state index in [9.17, 15) is 9.59 Å². The van der Waals surface area contributed by atoms with Gasteiger partial charge in [0.1, 0.15) is 5.60 Å². The summed E-state index contributed by atoms with van der Waals surface area (Å²) in [6.45, 7) is 13.3.